The first-order chi connectivity index (χ1) is 14.3. The van der Waals surface area contributed by atoms with Crippen LogP contribution in [-0.4, -0.2) is 49.0 Å². The number of aromatic amines is 1. The second kappa shape index (κ2) is 9.06. The van der Waals surface area contributed by atoms with Crippen molar-refractivity contribution in [3.05, 3.63) is 60.4 Å². The van der Waals surface area contributed by atoms with Gasteiger partial charge in [-0.25, -0.2) is 12.8 Å². The molecule has 0 spiro atoms. The van der Waals surface area contributed by atoms with E-state index in [4.69, 9.17) is 4.74 Å². The average molecular weight is 432 g/mol. The molecule has 0 radical (unpaired) electrons. The number of H-pyrrole nitrogens is 1. The average Bonchev–Trinajstić information content (AvgIpc) is 3.20. The van der Waals surface area contributed by atoms with Crippen LogP contribution in [0.1, 0.15) is 6.92 Å². The van der Waals surface area contributed by atoms with Crippen molar-refractivity contribution in [2.75, 3.05) is 25.5 Å². The SMILES string of the molecule is CCN(CC(=O)Nc1cc(-c2cccc(F)c2)[nH]n1)S(=O)(=O)c1ccc(OC)cc1. The van der Waals surface area contributed by atoms with Crippen molar-refractivity contribution in [1.29, 1.82) is 0 Å². The highest BCUT2D eigenvalue weighted by Crippen LogP contribution is 2.21. The standard InChI is InChI=1S/C20H21FN4O4S/c1-3-25(30(27,28)17-9-7-16(29-2)8-10-17)13-20(26)22-19-12-18(23-24-19)14-5-4-6-15(21)11-14/h4-12H,3,13H2,1-2H3,(H2,22,23,24,26). The summed E-state index contributed by atoms with van der Waals surface area (Å²) in [6.45, 7) is 1.37. The summed E-state index contributed by atoms with van der Waals surface area (Å²) in [5.74, 6) is -0.208. The number of ether oxygens (including phenoxy) is 1. The number of hydrogen-bond donors (Lipinski definition) is 2. The molecule has 0 atom stereocenters. The topological polar surface area (TPSA) is 104 Å². The lowest BCUT2D eigenvalue weighted by molar-refractivity contribution is -0.116. The van der Waals surface area contributed by atoms with Crippen LogP contribution in [0.3, 0.4) is 0 Å². The van der Waals surface area contributed by atoms with Gasteiger partial charge in [-0.15, -0.1) is 0 Å². The van der Waals surface area contributed by atoms with Crippen LogP contribution in [-0.2, 0) is 14.8 Å². The minimum absolute atomic E-state index is 0.0612. The van der Waals surface area contributed by atoms with E-state index in [1.807, 2.05) is 0 Å². The number of methoxy groups -OCH3 is 1. The second-order valence-electron chi connectivity index (χ2n) is 6.33. The molecule has 1 amide bonds. The zero-order valence-electron chi connectivity index (χ0n) is 16.4. The zero-order valence-corrected chi connectivity index (χ0v) is 17.2. The summed E-state index contributed by atoms with van der Waals surface area (Å²) in [6, 6.07) is 13.4. The quantitative estimate of drug-likeness (QED) is 0.570. The molecule has 0 saturated carbocycles. The third-order valence-electron chi connectivity index (χ3n) is 4.35. The van der Waals surface area contributed by atoms with E-state index in [1.54, 1.807) is 37.3 Å². The van der Waals surface area contributed by atoms with Gasteiger partial charge in [-0.3, -0.25) is 9.89 Å². The summed E-state index contributed by atoms with van der Waals surface area (Å²) in [4.78, 5) is 12.5. The number of amides is 1. The van der Waals surface area contributed by atoms with Crippen molar-refractivity contribution in [2.24, 2.45) is 0 Å². The molecule has 2 N–H and O–H groups in total. The lowest BCUT2D eigenvalue weighted by Gasteiger charge is -2.19. The normalized spacial score (nSPS) is 11.5. The summed E-state index contributed by atoms with van der Waals surface area (Å²) < 4.78 is 45.1. The molecular formula is C20H21FN4O4S. The molecule has 0 bridgehead atoms. The fraction of sp³-hybridized carbons (Fsp3) is 0.200. The van der Waals surface area contributed by atoms with Gasteiger partial charge in [0.25, 0.3) is 0 Å². The molecule has 0 fully saturated rings. The molecule has 0 saturated heterocycles. The number of halogens is 1. The number of aromatic nitrogens is 2. The Bertz CT molecular complexity index is 1130. The number of benzene rings is 2. The fourth-order valence-electron chi connectivity index (χ4n) is 2.80. The predicted molar refractivity (Wildman–Crippen MR) is 110 cm³/mol. The molecule has 8 nitrogen and oxygen atoms in total. The van der Waals surface area contributed by atoms with E-state index in [9.17, 15) is 17.6 Å². The van der Waals surface area contributed by atoms with Gasteiger partial charge in [0, 0.05) is 18.2 Å². The Morgan fingerprint density at radius 1 is 1.20 bits per heavy atom. The van der Waals surface area contributed by atoms with Crippen molar-refractivity contribution in [1.82, 2.24) is 14.5 Å². The van der Waals surface area contributed by atoms with Crippen molar-refractivity contribution in [2.45, 2.75) is 11.8 Å². The van der Waals surface area contributed by atoms with Gasteiger partial charge < -0.3 is 10.1 Å². The van der Waals surface area contributed by atoms with E-state index in [-0.39, 0.29) is 23.8 Å². The first kappa shape index (κ1) is 21.5. The molecular weight excluding hydrogens is 411 g/mol. The van der Waals surface area contributed by atoms with E-state index in [1.165, 1.54) is 31.4 Å². The molecule has 0 aliphatic carbocycles. The third kappa shape index (κ3) is 4.84. The van der Waals surface area contributed by atoms with Crippen LogP contribution in [0.5, 0.6) is 5.75 Å². The molecule has 0 aliphatic rings. The van der Waals surface area contributed by atoms with Crippen molar-refractivity contribution >= 4 is 21.7 Å². The molecule has 3 aromatic rings. The Hall–Kier alpha value is -3.24. The number of nitrogens with one attached hydrogen (secondary N) is 2. The number of carbonyl (C=O) groups excluding carboxylic acids is 1. The third-order valence-corrected chi connectivity index (χ3v) is 6.29. The van der Waals surface area contributed by atoms with Gasteiger partial charge in [0.2, 0.25) is 15.9 Å². The summed E-state index contributed by atoms with van der Waals surface area (Å²) >= 11 is 0. The van der Waals surface area contributed by atoms with Gasteiger partial charge in [-0.05, 0) is 36.4 Å². The van der Waals surface area contributed by atoms with E-state index in [0.29, 0.717) is 17.0 Å². The monoisotopic (exact) mass is 432 g/mol. The molecule has 1 aromatic heterocycles. The Balaban J connectivity index is 1.69. The first-order valence-corrected chi connectivity index (χ1v) is 10.5. The lowest BCUT2D eigenvalue weighted by Crippen LogP contribution is -2.37. The van der Waals surface area contributed by atoms with Crippen LogP contribution in [0, 0.1) is 5.82 Å². The van der Waals surface area contributed by atoms with Gasteiger partial charge >= 0.3 is 0 Å². The largest absolute Gasteiger partial charge is 0.497 e. The zero-order chi connectivity index (χ0) is 21.7. The number of likely N-dealkylation sites (N-methyl/N-ethyl adjacent to an activating group) is 1. The number of sulfonamides is 1. The smallest absolute Gasteiger partial charge is 0.243 e. The van der Waals surface area contributed by atoms with Crippen LogP contribution in [0.15, 0.2) is 59.5 Å². The highest BCUT2D eigenvalue weighted by atomic mass is 32.2. The van der Waals surface area contributed by atoms with E-state index in [0.717, 1.165) is 4.31 Å². The highest BCUT2D eigenvalue weighted by Gasteiger charge is 2.25. The first-order valence-electron chi connectivity index (χ1n) is 9.09. The lowest BCUT2D eigenvalue weighted by atomic mass is 10.1. The van der Waals surface area contributed by atoms with Crippen molar-refractivity contribution in [3.8, 4) is 17.0 Å². The predicted octanol–water partition coefficient (Wildman–Crippen LogP) is 2.87. The van der Waals surface area contributed by atoms with Gasteiger partial charge in [0.1, 0.15) is 11.6 Å². The van der Waals surface area contributed by atoms with Crippen molar-refractivity contribution < 1.29 is 22.3 Å². The van der Waals surface area contributed by atoms with Crippen LogP contribution < -0.4 is 10.1 Å². The maximum Gasteiger partial charge on any atom is 0.243 e. The molecule has 2 aromatic carbocycles. The minimum Gasteiger partial charge on any atom is -0.497 e. The highest BCUT2D eigenvalue weighted by molar-refractivity contribution is 7.89. The summed E-state index contributed by atoms with van der Waals surface area (Å²) in [5.41, 5.74) is 1.09. The van der Waals surface area contributed by atoms with Gasteiger partial charge in [-0.2, -0.15) is 9.40 Å². The summed E-state index contributed by atoms with van der Waals surface area (Å²) in [5, 5.41) is 9.24. The molecule has 30 heavy (non-hydrogen) atoms. The number of rotatable bonds is 8. The molecule has 3 rings (SSSR count). The van der Waals surface area contributed by atoms with Gasteiger partial charge in [0.05, 0.1) is 24.2 Å². The molecule has 0 aliphatic heterocycles. The number of anilines is 1. The number of hydrogen-bond acceptors (Lipinski definition) is 5. The van der Waals surface area contributed by atoms with Gasteiger partial charge in [-0.1, -0.05) is 19.1 Å². The van der Waals surface area contributed by atoms with E-state index in [2.05, 4.69) is 15.5 Å². The molecule has 158 valence electrons. The number of nitrogens with zero attached hydrogens (tertiary/aromatic N) is 2. The summed E-state index contributed by atoms with van der Waals surface area (Å²) in [6.07, 6.45) is 0. The Kier molecular flexibility index (Phi) is 6.48. The Labute approximate surface area is 173 Å². The van der Waals surface area contributed by atoms with Crippen LogP contribution >= 0.6 is 0 Å². The number of carbonyl (C=O) groups is 1. The maximum absolute atomic E-state index is 13.4. The van der Waals surface area contributed by atoms with Gasteiger partial charge in [0.15, 0.2) is 5.82 Å². The van der Waals surface area contributed by atoms with E-state index >= 15 is 0 Å². The molecule has 10 heteroatoms. The minimum atomic E-state index is -3.86. The van der Waals surface area contributed by atoms with Crippen LogP contribution in [0.25, 0.3) is 11.3 Å². The fourth-order valence-corrected chi connectivity index (χ4v) is 4.20. The van der Waals surface area contributed by atoms with Crippen molar-refractivity contribution in [3.63, 3.8) is 0 Å². The molecule has 1 heterocycles. The second-order valence-corrected chi connectivity index (χ2v) is 8.27. The summed E-state index contributed by atoms with van der Waals surface area (Å²) in [7, 11) is -2.37. The maximum atomic E-state index is 13.4. The van der Waals surface area contributed by atoms with Crippen LogP contribution in [0.2, 0.25) is 0 Å². The molecule has 0 unspecified atom stereocenters. The van der Waals surface area contributed by atoms with Crippen LogP contribution in [0.4, 0.5) is 10.2 Å². The van der Waals surface area contributed by atoms with E-state index < -0.39 is 21.7 Å². The Morgan fingerprint density at radius 2 is 1.93 bits per heavy atom. The Morgan fingerprint density at radius 3 is 2.57 bits per heavy atom.